The predicted octanol–water partition coefficient (Wildman–Crippen LogP) is 1.97. The summed E-state index contributed by atoms with van der Waals surface area (Å²) in [7, 11) is 0. The first-order valence-electron chi connectivity index (χ1n) is 5.87. The lowest BCUT2D eigenvalue weighted by atomic mass is 10.2. The van der Waals surface area contributed by atoms with Gasteiger partial charge < -0.3 is 14.4 Å². The third-order valence-electron chi connectivity index (χ3n) is 2.76. The lowest BCUT2D eigenvalue weighted by Crippen LogP contribution is -2.10. The van der Waals surface area contributed by atoms with Crippen molar-refractivity contribution in [2.45, 2.75) is 27.0 Å². The van der Waals surface area contributed by atoms with Gasteiger partial charge in [-0.25, -0.2) is 9.78 Å². The van der Waals surface area contributed by atoms with Crippen molar-refractivity contribution in [1.29, 1.82) is 0 Å². The Morgan fingerprint density at radius 1 is 1.50 bits per heavy atom. The van der Waals surface area contributed by atoms with Crippen molar-refractivity contribution < 1.29 is 14.6 Å². The van der Waals surface area contributed by atoms with E-state index in [4.69, 9.17) is 9.84 Å². The molecule has 1 N–H and O–H groups in total. The summed E-state index contributed by atoms with van der Waals surface area (Å²) < 4.78 is 7.14. The molecular formula is C13H16N2O3. The van der Waals surface area contributed by atoms with Crippen LogP contribution in [0.25, 0.3) is 11.0 Å². The van der Waals surface area contributed by atoms with E-state index in [-0.39, 0.29) is 13.2 Å². The molecule has 0 saturated heterocycles. The van der Waals surface area contributed by atoms with Gasteiger partial charge in [-0.05, 0) is 31.5 Å². The number of aliphatic carboxylic acids is 1. The van der Waals surface area contributed by atoms with Crippen LogP contribution >= 0.6 is 0 Å². The van der Waals surface area contributed by atoms with E-state index in [0.717, 1.165) is 29.0 Å². The Morgan fingerprint density at radius 3 is 2.94 bits per heavy atom. The summed E-state index contributed by atoms with van der Waals surface area (Å²) in [5.74, 6) is -0.204. The summed E-state index contributed by atoms with van der Waals surface area (Å²) in [4.78, 5) is 14.9. The van der Waals surface area contributed by atoms with Crippen molar-refractivity contribution in [3.8, 4) is 0 Å². The van der Waals surface area contributed by atoms with Crippen LogP contribution in [0.4, 0.5) is 0 Å². The zero-order chi connectivity index (χ0) is 13.1. The molecule has 1 heterocycles. The number of nitrogens with zero attached hydrogens (tertiary/aromatic N) is 2. The van der Waals surface area contributed by atoms with Gasteiger partial charge >= 0.3 is 5.97 Å². The van der Waals surface area contributed by atoms with E-state index in [1.54, 1.807) is 0 Å². The van der Waals surface area contributed by atoms with Gasteiger partial charge in [0, 0.05) is 6.54 Å². The smallest absolute Gasteiger partial charge is 0.329 e. The van der Waals surface area contributed by atoms with Gasteiger partial charge in [0.15, 0.2) is 0 Å². The molecule has 0 saturated carbocycles. The Balaban J connectivity index is 2.29. The highest BCUT2D eigenvalue weighted by molar-refractivity contribution is 5.76. The van der Waals surface area contributed by atoms with Crippen LogP contribution in [0.5, 0.6) is 0 Å². The molecule has 1 aromatic heterocycles. The molecule has 18 heavy (non-hydrogen) atoms. The topological polar surface area (TPSA) is 64.3 Å². The number of carbonyl (C=O) groups is 1. The van der Waals surface area contributed by atoms with Crippen LogP contribution in [0.2, 0.25) is 0 Å². The van der Waals surface area contributed by atoms with Gasteiger partial charge in [0.05, 0.1) is 11.0 Å². The maximum Gasteiger partial charge on any atom is 0.329 e. The fourth-order valence-corrected chi connectivity index (χ4v) is 1.98. The highest BCUT2D eigenvalue weighted by atomic mass is 16.5. The van der Waals surface area contributed by atoms with Gasteiger partial charge in [0.2, 0.25) is 0 Å². The minimum Gasteiger partial charge on any atom is -0.480 e. The Kier molecular flexibility index (Phi) is 3.62. The molecule has 2 rings (SSSR count). The second kappa shape index (κ2) is 5.18. The Morgan fingerprint density at radius 2 is 2.28 bits per heavy atom. The second-order valence-electron chi connectivity index (χ2n) is 4.15. The monoisotopic (exact) mass is 248 g/mol. The quantitative estimate of drug-likeness (QED) is 0.878. The number of fused-ring (bicyclic) bond motifs is 1. The van der Waals surface area contributed by atoms with E-state index in [1.807, 2.05) is 36.6 Å². The molecule has 0 aliphatic heterocycles. The van der Waals surface area contributed by atoms with Crippen LogP contribution in [-0.4, -0.2) is 27.2 Å². The number of benzene rings is 1. The standard InChI is InChI=1S/C13H16N2O3/c1-3-15-11-5-4-9(2)6-10(11)14-12(15)7-18-8-13(16)17/h4-6H,3,7-8H2,1-2H3,(H,16,17). The third-order valence-corrected chi connectivity index (χ3v) is 2.76. The van der Waals surface area contributed by atoms with Gasteiger partial charge in [-0.1, -0.05) is 6.07 Å². The first-order chi connectivity index (χ1) is 8.61. The van der Waals surface area contributed by atoms with Crippen LogP contribution in [-0.2, 0) is 22.7 Å². The van der Waals surface area contributed by atoms with Gasteiger partial charge in [-0.3, -0.25) is 0 Å². The SMILES string of the molecule is CCn1c(COCC(=O)O)nc2cc(C)ccc21. The summed E-state index contributed by atoms with van der Waals surface area (Å²) in [5.41, 5.74) is 3.13. The number of ether oxygens (including phenoxy) is 1. The first kappa shape index (κ1) is 12.6. The maximum atomic E-state index is 10.4. The fourth-order valence-electron chi connectivity index (χ4n) is 1.98. The van der Waals surface area contributed by atoms with Crippen LogP contribution in [0.15, 0.2) is 18.2 Å². The fraction of sp³-hybridized carbons (Fsp3) is 0.385. The van der Waals surface area contributed by atoms with Gasteiger partial charge in [0.1, 0.15) is 19.0 Å². The van der Waals surface area contributed by atoms with Crippen molar-refractivity contribution in [2.75, 3.05) is 6.61 Å². The number of carboxylic acids is 1. The molecule has 0 bridgehead atoms. The number of carboxylic acid groups (broad SMARTS) is 1. The van der Waals surface area contributed by atoms with Crippen LogP contribution < -0.4 is 0 Å². The molecule has 5 nitrogen and oxygen atoms in total. The van der Waals surface area contributed by atoms with E-state index in [2.05, 4.69) is 4.98 Å². The Labute approximate surface area is 105 Å². The van der Waals surface area contributed by atoms with Crippen molar-refractivity contribution in [1.82, 2.24) is 9.55 Å². The number of aryl methyl sites for hydroxylation is 2. The number of hydrogen-bond acceptors (Lipinski definition) is 3. The Bertz CT molecular complexity index is 575. The molecule has 2 aromatic rings. The summed E-state index contributed by atoms with van der Waals surface area (Å²) in [5, 5.41) is 8.54. The number of hydrogen-bond donors (Lipinski definition) is 1. The summed E-state index contributed by atoms with van der Waals surface area (Å²) in [6.45, 7) is 4.75. The lowest BCUT2D eigenvalue weighted by Gasteiger charge is -2.05. The van der Waals surface area contributed by atoms with E-state index in [9.17, 15) is 4.79 Å². The van der Waals surface area contributed by atoms with E-state index < -0.39 is 5.97 Å². The van der Waals surface area contributed by atoms with Crippen molar-refractivity contribution in [2.24, 2.45) is 0 Å². The van der Waals surface area contributed by atoms with E-state index in [0.29, 0.717) is 0 Å². The number of imidazole rings is 1. The van der Waals surface area contributed by atoms with Crippen molar-refractivity contribution >= 4 is 17.0 Å². The second-order valence-corrected chi connectivity index (χ2v) is 4.15. The molecule has 0 atom stereocenters. The highest BCUT2D eigenvalue weighted by Gasteiger charge is 2.10. The van der Waals surface area contributed by atoms with Crippen LogP contribution in [0.1, 0.15) is 18.3 Å². The molecule has 0 amide bonds. The largest absolute Gasteiger partial charge is 0.480 e. The van der Waals surface area contributed by atoms with E-state index >= 15 is 0 Å². The molecule has 0 unspecified atom stereocenters. The minimum atomic E-state index is -0.968. The Hall–Kier alpha value is -1.88. The molecule has 0 aliphatic carbocycles. The van der Waals surface area contributed by atoms with Gasteiger partial charge in [-0.15, -0.1) is 0 Å². The average Bonchev–Trinajstić information content (AvgIpc) is 2.65. The number of aromatic nitrogens is 2. The molecule has 0 spiro atoms. The summed E-state index contributed by atoms with van der Waals surface area (Å²) in [6, 6.07) is 6.09. The first-order valence-corrected chi connectivity index (χ1v) is 5.87. The zero-order valence-corrected chi connectivity index (χ0v) is 10.5. The van der Waals surface area contributed by atoms with Crippen LogP contribution in [0.3, 0.4) is 0 Å². The highest BCUT2D eigenvalue weighted by Crippen LogP contribution is 2.18. The van der Waals surface area contributed by atoms with Gasteiger partial charge in [-0.2, -0.15) is 0 Å². The minimum absolute atomic E-state index is 0.216. The molecule has 96 valence electrons. The molecular weight excluding hydrogens is 232 g/mol. The lowest BCUT2D eigenvalue weighted by molar-refractivity contribution is -0.142. The molecule has 1 aromatic carbocycles. The predicted molar refractivity (Wildman–Crippen MR) is 67.4 cm³/mol. The third kappa shape index (κ3) is 2.51. The van der Waals surface area contributed by atoms with Crippen molar-refractivity contribution in [3.63, 3.8) is 0 Å². The average molecular weight is 248 g/mol. The summed E-state index contributed by atoms with van der Waals surface area (Å²) >= 11 is 0. The van der Waals surface area contributed by atoms with Crippen molar-refractivity contribution in [3.05, 3.63) is 29.6 Å². The maximum absolute atomic E-state index is 10.4. The van der Waals surface area contributed by atoms with Crippen LogP contribution in [0, 0.1) is 6.92 Å². The zero-order valence-electron chi connectivity index (χ0n) is 10.5. The van der Waals surface area contributed by atoms with Gasteiger partial charge in [0.25, 0.3) is 0 Å². The molecule has 0 fully saturated rings. The normalized spacial score (nSPS) is 11.0. The number of rotatable bonds is 5. The van der Waals surface area contributed by atoms with E-state index in [1.165, 1.54) is 0 Å². The molecule has 0 radical (unpaired) electrons. The molecule has 5 heteroatoms. The summed E-state index contributed by atoms with van der Waals surface area (Å²) in [6.07, 6.45) is 0. The molecule has 0 aliphatic rings.